The number of pyridine rings is 1. The van der Waals surface area contributed by atoms with E-state index in [1.165, 1.54) is 31.2 Å². The van der Waals surface area contributed by atoms with Gasteiger partial charge in [0.1, 0.15) is 10.0 Å². The Kier molecular flexibility index (Phi) is 5.15. The third kappa shape index (κ3) is 4.42. The molecule has 0 atom stereocenters. The van der Waals surface area contributed by atoms with Crippen molar-refractivity contribution in [3.05, 3.63) is 23.5 Å². The lowest BCUT2D eigenvalue weighted by molar-refractivity contribution is 0.334. The Bertz CT molecular complexity index is 498. The molecule has 1 aliphatic rings. The van der Waals surface area contributed by atoms with E-state index in [0.717, 1.165) is 26.1 Å². The van der Waals surface area contributed by atoms with E-state index in [0.29, 0.717) is 6.54 Å². The first-order chi connectivity index (χ1) is 9.08. The predicted octanol–water partition coefficient (Wildman–Crippen LogP) is 1.50. The van der Waals surface area contributed by atoms with Crippen molar-refractivity contribution >= 4 is 21.6 Å². The van der Waals surface area contributed by atoms with Gasteiger partial charge in [0.15, 0.2) is 0 Å². The smallest absolute Gasteiger partial charge is 0.242 e. The van der Waals surface area contributed by atoms with Crippen molar-refractivity contribution in [3.63, 3.8) is 0 Å². The van der Waals surface area contributed by atoms with Crippen molar-refractivity contribution in [2.75, 3.05) is 26.2 Å². The topological polar surface area (TPSA) is 62.3 Å². The summed E-state index contributed by atoms with van der Waals surface area (Å²) in [5, 5.41) is 0.285. The fourth-order valence-electron chi connectivity index (χ4n) is 2.12. The number of aromatic nitrogens is 1. The molecule has 7 heteroatoms. The van der Waals surface area contributed by atoms with Crippen molar-refractivity contribution in [1.82, 2.24) is 14.6 Å². The standard InChI is InChI=1S/C12H18ClN3O2S/c13-12-5-4-11(10-14-12)19(17,18)15-6-3-9-16-7-1-2-8-16/h4-5,10,15H,1-3,6-9H2. The van der Waals surface area contributed by atoms with E-state index in [2.05, 4.69) is 14.6 Å². The minimum Gasteiger partial charge on any atom is -0.303 e. The maximum absolute atomic E-state index is 11.9. The minimum absolute atomic E-state index is 0.151. The zero-order valence-electron chi connectivity index (χ0n) is 10.7. The van der Waals surface area contributed by atoms with Crippen molar-refractivity contribution in [1.29, 1.82) is 0 Å². The zero-order chi connectivity index (χ0) is 13.7. The molecular weight excluding hydrogens is 286 g/mol. The van der Waals surface area contributed by atoms with E-state index >= 15 is 0 Å². The molecule has 5 nitrogen and oxygen atoms in total. The molecule has 0 amide bonds. The number of hydrogen-bond acceptors (Lipinski definition) is 4. The van der Waals surface area contributed by atoms with Crippen molar-refractivity contribution < 1.29 is 8.42 Å². The summed E-state index contributed by atoms with van der Waals surface area (Å²) in [6.45, 7) is 3.66. The number of likely N-dealkylation sites (tertiary alicyclic amines) is 1. The van der Waals surface area contributed by atoms with Crippen LogP contribution in [-0.2, 0) is 10.0 Å². The summed E-state index contributed by atoms with van der Waals surface area (Å²) in [6, 6.07) is 2.93. The molecule has 0 spiro atoms. The van der Waals surface area contributed by atoms with Crippen LogP contribution in [0.15, 0.2) is 23.2 Å². The van der Waals surface area contributed by atoms with Crippen LogP contribution in [0.5, 0.6) is 0 Å². The molecule has 19 heavy (non-hydrogen) atoms. The molecule has 1 aromatic rings. The summed E-state index contributed by atoms with van der Waals surface area (Å²) >= 11 is 5.63. The zero-order valence-corrected chi connectivity index (χ0v) is 12.3. The van der Waals surface area contributed by atoms with Crippen molar-refractivity contribution in [3.8, 4) is 0 Å². The Morgan fingerprint density at radius 2 is 2.05 bits per heavy atom. The second-order valence-electron chi connectivity index (χ2n) is 4.62. The lowest BCUT2D eigenvalue weighted by atomic mass is 10.4. The quantitative estimate of drug-likeness (QED) is 0.639. The molecule has 1 aromatic heterocycles. The van der Waals surface area contributed by atoms with Gasteiger partial charge in [0.2, 0.25) is 10.0 Å². The van der Waals surface area contributed by atoms with E-state index in [1.54, 1.807) is 0 Å². The molecule has 106 valence electrons. The number of sulfonamides is 1. The first kappa shape index (κ1) is 14.7. The molecule has 0 bridgehead atoms. The Morgan fingerprint density at radius 3 is 2.68 bits per heavy atom. The van der Waals surface area contributed by atoms with Crippen LogP contribution >= 0.6 is 11.6 Å². The molecule has 1 saturated heterocycles. The van der Waals surface area contributed by atoms with Crippen LogP contribution in [0.2, 0.25) is 5.15 Å². The predicted molar refractivity (Wildman–Crippen MR) is 74.7 cm³/mol. The molecule has 1 aliphatic heterocycles. The van der Waals surface area contributed by atoms with Gasteiger partial charge in [-0.1, -0.05) is 11.6 Å². The first-order valence-corrected chi connectivity index (χ1v) is 8.28. The molecular formula is C12H18ClN3O2S. The number of nitrogens with one attached hydrogen (secondary N) is 1. The molecule has 1 N–H and O–H groups in total. The van der Waals surface area contributed by atoms with Gasteiger partial charge in [-0.3, -0.25) is 0 Å². The van der Waals surface area contributed by atoms with Gasteiger partial charge in [-0.05, 0) is 51.0 Å². The summed E-state index contributed by atoms with van der Waals surface area (Å²) in [7, 11) is -3.46. The second kappa shape index (κ2) is 6.65. The summed E-state index contributed by atoms with van der Waals surface area (Å²) in [6.07, 6.45) is 4.59. The van der Waals surface area contributed by atoms with Crippen LogP contribution in [0.4, 0.5) is 0 Å². The van der Waals surface area contributed by atoms with Gasteiger partial charge in [-0.25, -0.2) is 18.1 Å². The van der Waals surface area contributed by atoms with Crippen LogP contribution in [-0.4, -0.2) is 44.5 Å². The van der Waals surface area contributed by atoms with Gasteiger partial charge in [-0.2, -0.15) is 0 Å². The molecule has 1 fully saturated rings. The third-order valence-electron chi connectivity index (χ3n) is 3.15. The molecule has 2 heterocycles. The summed E-state index contributed by atoms with van der Waals surface area (Å²) in [5.41, 5.74) is 0. The fraction of sp³-hybridized carbons (Fsp3) is 0.583. The molecule has 0 aliphatic carbocycles. The summed E-state index contributed by atoms with van der Waals surface area (Å²) < 4.78 is 26.4. The van der Waals surface area contributed by atoms with Crippen LogP contribution in [0, 0.1) is 0 Å². The monoisotopic (exact) mass is 303 g/mol. The highest BCUT2D eigenvalue weighted by Crippen LogP contribution is 2.11. The maximum Gasteiger partial charge on any atom is 0.242 e. The fourth-order valence-corrected chi connectivity index (χ4v) is 3.25. The minimum atomic E-state index is -3.46. The average molecular weight is 304 g/mol. The SMILES string of the molecule is O=S(=O)(NCCCN1CCCC1)c1ccc(Cl)nc1. The number of nitrogens with zero attached hydrogens (tertiary/aromatic N) is 2. The van der Waals surface area contributed by atoms with E-state index in [1.807, 2.05) is 0 Å². The third-order valence-corrected chi connectivity index (χ3v) is 4.82. The van der Waals surface area contributed by atoms with Crippen molar-refractivity contribution in [2.45, 2.75) is 24.2 Å². The largest absolute Gasteiger partial charge is 0.303 e. The molecule has 2 rings (SSSR count). The lowest BCUT2D eigenvalue weighted by Gasteiger charge is -2.14. The number of hydrogen-bond donors (Lipinski definition) is 1. The van der Waals surface area contributed by atoms with Gasteiger partial charge < -0.3 is 4.90 Å². The van der Waals surface area contributed by atoms with Crippen LogP contribution in [0.1, 0.15) is 19.3 Å². The number of halogens is 1. The Balaban J connectivity index is 1.79. The Morgan fingerprint density at radius 1 is 1.32 bits per heavy atom. The van der Waals surface area contributed by atoms with E-state index in [-0.39, 0.29) is 10.0 Å². The second-order valence-corrected chi connectivity index (χ2v) is 6.77. The molecule has 0 radical (unpaired) electrons. The maximum atomic E-state index is 11.9. The van der Waals surface area contributed by atoms with Gasteiger partial charge >= 0.3 is 0 Å². The van der Waals surface area contributed by atoms with Crippen LogP contribution < -0.4 is 4.72 Å². The first-order valence-electron chi connectivity index (χ1n) is 6.41. The highest BCUT2D eigenvalue weighted by Gasteiger charge is 2.15. The molecule has 0 saturated carbocycles. The normalized spacial score (nSPS) is 16.9. The average Bonchev–Trinajstić information content (AvgIpc) is 2.88. The summed E-state index contributed by atoms with van der Waals surface area (Å²) in [5.74, 6) is 0. The highest BCUT2D eigenvalue weighted by atomic mass is 35.5. The Labute approximate surface area is 119 Å². The Hall–Kier alpha value is -0.690. The van der Waals surface area contributed by atoms with Gasteiger partial charge in [0.25, 0.3) is 0 Å². The lowest BCUT2D eigenvalue weighted by Crippen LogP contribution is -2.28. The highest BCUT2D eigenvalue weighted by molar-refractivity contribution is 7.89. The van der Waals surface area contributed by atoms with E-state index < -0.39 is 10.0 Å². The summed E-state index contributed by atoms with van der Waals surface area (Å²) in [4.78, 5) is 6.28. The van der Waals surface area contributed by atoms with E-state index in [9.17, 15) is 8.42 Å². The van der Waals surface area contributed by atoms with E-state index in [4.69, 9.17) is 11.6 Å². The number of rotatable bonds is 6. The van der Waals surface area contributed by atoms with Gasteiger partial charge in [0.05, 0.1) is 0 Å². The van der Waals surface area contributed by atoms with Crippen molar-refractivity contribution in [2.24, 2.45) is 0 Å². The molecule has 0 unspecified atom stereocenters. The molecule has 0 aromatic carbocycles. The van der Waals surface area contributed by atoms with Crippen LogP contribution in [0.25, 0.3) is 0 Å². The van der Waals surface area contributed by atoms with Crippen LogP contribution in [0.3, 0.4) is 0 Å². The van der Waals surface area contributed by atoms with Gasteiger partial charge in [-0.15, -0.1) is 0 Å². The van der Waals surface area contributed by atoms with Gasteiger partial charge in [0, 0.05) is 12.7 Å².